The molecule has 0 amide bonds. The van der Waals surface area contributed by atoms with Gasteiger partial charge in [-0.25, -0.2) is 4.79 Å². The molecule has 3 aromatic rings. The van der Waals surface area contributed by atoms with Crippen molar-refractivity contribution in [2.45, 2.75) is 34.3 Å². The van der Waals surface area contributed by atoms with Crippen molar-refractivity contribution in [2.75, 3.05) is 6.61 Å². The summed E-state index contributed by atoms with van der Waals surface area (Å²) < 4.78 is 21.5. The van der Waals surface area contributed by atoms with Gasteiger partial charge in [-0.2, -0.15) is 0 Å². The topological polar surface area (TPSA) is 87.6 Å². The SMILES string of the molecule is Cc1ccc(OCC(=O)OCc2nnc(-c3cc(C)oc3C)o2)c(C)c1. The van der Waals surface area contributed by atoms with Crippen molar-refractivity contribution in [3.63, 3.8) is 0 Å². The zero-order valence-corrected chi connectivity index (χ0v) is 15.2. The average Bonchev–Trinajstić information content (AvgIpc) is 3.18. The molecule has 1 aromatic carbocycles. The van der Waals surface area contributed by atoms with E-state index in [1.807, 2.05) is 52.0 Å². The molecule has 0 aliphatic heterocycles. The molecule has 0 atom stereocenters. The van der Waals surface area contributed by atoms with E-state index in [-0.39, 0.29) is 19.1 Å². The minimum Gasteiger partial charge on any atom is -0.482 e. The highest BCUT2D eigenvalue weighted by molar-refractivity contribution is 5.71. The normalized spacial score (nSPS) is 10.8. The second kappa shape index (κ2) is 7.43. The van der Waals surface area contributed by atoms with Crippen LogP contribution in [0.3, 0.4) is 0 Å². The molecule has 0 saturated carbocycles. The van der Waals surface area contributed by atoms with Gasteiger partial charge in [0.2, 0.25) is 0 Å². The molecule has 3 rings (SSSR count). The molecule has 0 radical (unpaired) electrons. The van der Waals surface area contributed by atoms with Crippen molar-refractivity contribution in [1.29, 1.82) is 0 Å². The lowest BCUT2D eigenvalue weighted by Crippen LogP contribution is -2.15. The predicted octanol–water partition coefficient (Wildman–Crippen LogP) is 3.69. The summed E-state index contributed by atoms with van der Waals surface area (Å²) in [6, 6.07) is 7.56. The van der Waals surface area contributed by atoms with Crippen LogP contribution in [0.2, 0.25) is 0 Å². The number of nitrogens with zero attached hydrogens (tertiary/aromatic N) is 2. The Bertz CT molecular complexity index is 926. The van der Waals surface area contributed by atoms with Crippen molar-refractivity contribution in [2.24, 2.45) is 0 Å². The van der Waals surface area contributed by atoms with Gasteiger partial charge in [0.05, 0.1) is 5.56 Å². The molecule has 7 nitrogen and oxygen atoms in total. The predicted molar refractivity (Wildman–Crippen MR) is 92.7 cm³/mol. The van der Waals surface area contributed by atoms with Crippen LogP contribution in [0, 0.1) is 27.7 Å². The third-order valence-electron chi connectivity index (χ3n) is 3.77. The third kappa shape index (κ3) is 4.11. The molecule has 0 bridgehead atoms. The molecule has 26 heavy (non-hydrogen) atoms. The summed E-state index contributed by atoms with van der Waals surface area (Å²) in [7, 11) is 0. The molecular formula is C19H20N2O5. The first-order chi connectivity index (χ1) is 12.4. The quantitative estimate of drug-likeness (QED) is 0.622. The van der Waals surface area contributed by atoms with Gasteiger partial charge in [-0.05, 0) is 45.4 Å². The first kappa shape index (κ1) is 17.7. The Labute approximate surface area is 150 Å². The maximum absolute atomic E-state index is 11.9. The van der Waals surface area contributed by atoms with E-state index in [0.717, 1.165) is 22.5 Å². The number of rotatable bonds is 6. The highest BCUT2D eigenvalue weighted by Gasteiger charge is 2.16. The molecule has 0 fully saturated rings. The number of aryl methyl sites for hydroxylation is 4. The van der Waals surface area contributed by atoms with E-state index >= 15 is 0 Å². The minimum atomic E-state index is -0.514. The molecule has 2 aromatic heterocycles. The highest BCUT2D eigenvalue weighted by Crippen LogP contribution is 2.25. The fourth-order valence-electron chi connectivity index (χ4n) is 2.55. The van der Waals surface area contributed by atoms with Gasteiger partial charge in [-0.1, -0.05) is 17.7 Å². The molecule has 136 valence electrons. The number of ether oxygens (including phenoxy) is 2. The summed E-state index contributed by atoms with van der Waals surface area (Å²) in [5.41, 5.74) is 2.82. The number of furan rings is 1. The number of benzene rings is 1. The molecule has 0 spiro atoms. The Morgan fingerprint density at radius 1 is 1.08 bits per heavy atom. The van der Waals surface area contributed by atoms with E-state index in [1.165, 1.54) is 0 Å². The fraction of sp³-hybridized carbons (Fsp3) is 0.316. The van der Waals surface area contributed by atoms with Crippen LogP contribution in [0.5, 0.6) is 5.75 Å². The number of aromatic nitrogens is 2. The lowest BCUT2D eigenvalue weighted by Gasteiger charge is -2.09. The summed E-state index contributed by atoms with van der Waals surface area (Å²) in [6.45, 7) is 7.27. The molecule has 7 heteroatoms. The smallest absolute Gasteiger partial charge is 0.344 e. The Kier molecular flexibility index (Phi) is 5.06. The Morgan fingerprint density at radius 3 is 2.58 bits per heavy atom. The fourth-order valence-corrected chi connectivity index (χ4v) is 2.55. The summed E-state index contributed by atoms with van der Waals surface area (Å²) in [5, 5.41) is 7.83. The van der Waals surface area contributed by atoms with Crippen molar-refractivity contribution in [1.82, 2.24) is 10.2 Å². The third-order valence-corrected chi connectivity index (χ3v) is 3.77. The average molecular weight is 356 g/mol. The number of hydrogen-bond acceptors (Lipinski definition) is 7. The van der Waals surface area contributed by atoms with Crippen LogP contribution >= 0.6 is 0 Å². The lowest BCUT2D eigenvalue weighted by molar-refractivity contribution is -0.148. The van der Waals surface area contributed by atoms with Crippen LogP contribution in [0.1, 0.15) is 28.5 Å². The van der Waals surface area contributed by atoms with Gasteiger partial charge < -0.3 is 18.3 Å². The number of esters is 1. The zero-order valence-electron chi connectivity index (χ0n) is 15.2. The Hall–Kier alpha value is -3.09. The molecular weight excluding hydrogens is 336 g/mol. The van der Waals surface area contributed by atoms with Crippen molar-refractivity contribution in [3.8, 4) is 17.2 Å². The van der Waals surface area contributed by atoms with E-state index in [4.69, 9.17) is 18.3 Å². The van der Waals surface area contributed by atoms with Crippen LogP contribution in [0.4, 0.5) is 0 Å². The van der Waals surface area contributed by atoms with Crippen LogP contribution in [0.15, 0.2) is 33.1 Å². The lowest BCUT2D eigenvalue weighted by atomic mass is 10.1. The van der Waals surface area contributed by atoms with Crippen LogP contribution in [-0.2, 0) is 16.1 Å². The number of carbonyl (C=O) groups excluding carboxylic acids is 1. The van der Waals surface area contributed by atoms with Gasteiger partial charge in [0.1, 0.15) is 17.3 Å². The number of carbonyl (C=O) groups is 1. The summed E-state index contributed by atoms with van der Waals surface area (Å²) >= 11 is 0. The minimum absolute atomic E-state index is 0.113. The van der Waals surface area contributed by atoms with Crippen molar-refractivity contribution < 1.29 is 23.1 Å². The van der Waals surface area contributed by atoms with Gasteiger partial charge in [0.15, 0.2) is 13.2 Å². The van der Waals surface area contributed by atoms with E-state index in [2.05, 4.69) is 10.2 Å². The van der Waals surface area contributed by atoms with E-state index in [1.54, 1.807) is 0 Å². The van der Waals surface area contributed by atoms with Gasteiger partial charge in [0.25, 0.3) is 11.8 Å². The van der Waals surface area contributed by atoms with E-state index < -0.39 is 5.97 Å². The second-order valence-corrected chi connectivity index (χ2v) is 6.05. The first-order valence-electron chi connectivity index (χ1n) is 8.18. The van der Waals surface area contributed by atoms with Gasteiger partial charge in [0, 0.05) is 0 Å². The van der Waals surface area contributed by atoms with Crippen molar-refractivity contribution >= 4 is 5.97 Å². The maximum atomic E-state index is 11.9. The summed E-state index contributed by atoms with van der Waals surface area (Å²) in [5.74, 6) is 2.12. The second-order valence-electron chi connectivity index (χ2n) is 6.05. The molecule has 0 N–H and O–H groups in total. The highest BCUT2D eigenvalue weighted by atomic mass is 16.6. The summed E-state index contributed by atoms with van der Waals surface area (Å²) in [6.07, 6.45) is 0. The molecule has 0 unspecified atom stereocenters. The summed E-state index contributed by atoms with van der Waals surface area (Å²) in [4.78, 5) is 11.9. The van der Waals surface area contributed by atoms with Crippen molar-refractivity contribution in [3.05, 3.63) is 52.8 Å². The van der Waals surface area contributed by atoms with Gasteiger partial charge in [-0.15, -0.1) is 10.2 Å². The first-order valence-corrected chi connectivity index (χ1v) is 8.18. The zero-order chi connectivity index (χ0) is 18.7. The maximum Gasteiger partial charge on any atom is 0.344 e. The van der Waals surface area contributed by atoms with Gasteiger partial charge >= 0.3 is 5.97 Å². The Morgan fingerprint density at radius 2 is 1.88 bits per heavy atom. The largest absolute Gasteiger partial charge is 0.482 e. The van der Waals surface area contributed by atoms with Crippen LogP contribution in [0.25, 0.3) is 11.5 Å². The van der Waals surface area contributed by atoms with E-state index in [0.29, 0.717) is 17.4 Å². The molecule has 0 aliphatic rings. The Balaban J connectivity index is 1.53. The molecule has 2 heterocycles. The van der Waals surface area contributed by atoms with Crippen LogP contribution in [-0.4, -0.2) is 22.8 Å². The van der Waals surface area contributed by atoms with Crippen LogP contribution < -0.4 is 4.74 Å². The standard InChI is InChI=1S/C19H20N2O5/c1-11-5-6-16(12(2)7-11)23-10-18(22)24-9-17-20-21-19(26-17)15-8-13(3)25-14(15)4/h5-8H,9-10H2,1-4H3. The number of hydrogen-bond donors (Lipinski definition) is 0. The van der Waals surface area contributed by atoms with E-state index in [9.17, 15) is 4.79 Å². The van der Waals surface area contributed by atoms with Gasteiger partial charge in [-0.3, -0.25) is 0 Å². The molecule has 0 saturated heterocycles. The monoisotopic (exact) mass is 356 g/mol. The molecule has 0 aliphatic carbocycles.